The topological polar surface area (TPSA) is 15.3 Å². The van der Waals surface area contributed by atoms with Crippen LogP contribution in [0.25, 0.3) is 0 Å². The summed E-state index contributed by atoms with van der Waals surface area (Å²) < 4.78 is 0. The Labute approximate surface area is 90.1 Å². The van der Waals surface area contributed by atoms with Gasteiger partial charge in [0.1, 0.15) is 0 Å². The molecule has 0 aliphatic carbocycles. The van der Waals surface area contributed by atoms with Gasteiger partial charge in [0.05, 0.1) is 0 Å². The van der Waals surface area contributed by atoms with E-state index < -0.39 is 0 Å². The zero-order valence-electron chi connectivity index (χ0n) is 10.8. The second-order valence-corrected chi connectivity index (χ2v) is 4.90. The zero-order chi connectivity index (χ0) is 11.1. The van der Waals surface area contributed by atoms with E-state index in [1.807, 2.05) is 0 Å². The fraction of sp³-hybridized carbons (Fsp3) is 1.00. The highest BCUT2D eigenvalue weighted by atomic mass is 15.2. The van der Waals surface area contributed by atoms with E-state index >= 15 is 0 Å². The molecule has 0 aromatic carbocycles. The Bertz CT molecular complexity index is 132. The maximum Gasteiger partial charge on any atom is 0.0166 e. The number of likely N-dealkylation sites (N-methyl/N-ethyl adjacent to an activating group) is 1. The minimum Gasteiger partial charge on any atom is -0.313 e. The largest absolute Gasteiger partial charge is 0.313 e. The first-order valence-electron chi connectivity index (χ1n) is 5.94. The van der Waals surface area contributed by atoms with Gasteiger partial charge in [-0.3, -0.25) is 4.90 Å². The van der Waals surface area contributed by atoms with Crippen LogP contribution < -0.4 is 5.32 Å². The highest BCUT2D eigenvalue weighted by Crippen LogP contribution is 2.05. The molecule has 0 saturated heterocycles. The minimum atomic E-state index is 0.598. The number of hydrogen-bond acceptors (Lipinski definition) is 2. The van der Waals surface area contributed by atoms with Gasteiger partial charge in [0.2, 0.25) is 0 Å². The molecule has 0 spiro atoms. The lowest BCUT2D eigenvalue weighted by Crippen LogP contribution is -2.43. The molecule has 0 aliphatic heterocycles. The molecule has 0 aliphatic rings. The molecule has 0 heterocycles. The molecule has 2 heteroatoms. The fourth-order valence-corrected chi connectivity index (χ4v) is 1.73. The number of rotatable bonds is 7. The van der Waals surface area contributed by atoms with E-state index in [-0.39, 0.29) is 0 Å². The molecule has 0 radical (unpaired) electrons. The van der Waals surface area contributed by atoms with E-state index in [4.69, 9.17) is 0 Å². The first kappa shape index (κ1) is 13.9. The maximum atomic E-state index is 3.46. The number of nitrogens with zero attached hydrogens (tertiary/aromatic N) is 1. The second kappa shape index (κ2) is 7.24. The predicted molar refractivity (Wildman–Crippen MR) is 64.7 cm³/mol. The van der Waals surface area contributed by atoms with Crippen LogP contribution >= 0.6 is 0 Å². The molecule has 0 aromatic heterocycles. The highest BCUT2D eigenvalue weighted by molar-refractivity contribution is 4.71. The van der Waals surface area contributed by atoms with Crippen LogP contribution in [0, 0.1) is 5.92 Å². The van der Waals surface area contributed by atoms with E-state index in [2.05, 4.69) is 51.8 Å². The Morgan fingerprint density at radius 3 is 1.93 bits per heavy atom. The van der Waals surface area contributed by atoms with Crippen LogP contribution in [0.15, 0.2) is 0 Å². The van der Waals surface area contributed by atoms with Crippen LogP contribution in [0.3, 0.4) is 0 Å². The van der Waals surface area contributed by atoms with Gasteiger partial charge in [-0.25, -0.2) is 0 Å². The van der Waals surface area contributed by atoms with Crippen molar-refractivity contribution < 1.29 is 0 Å². The zero-order valence-corrected chi connectivity index (χ0v) is 10.8. The van der Waals surface area contributed by atoms with E-state index in [0.29, 0.717) is 12.1 Å². The third kappa shape index (κ3) is 6.39. The SMILES string of the molecule is CCNC(C)CN(CC(C)C)C(C)C. The second-order valence-electron chi connectivity index (χ2n) is 4.90. The smallest absolute Gasteiger partial charge is 0.0166 e. The highest BCUT2D eigenvalue weighted by Gasteiger charge is 2.13. The molecule has 0 amide bonds. The van der Waals surface area contributed by atoms with Crippen molar-refractivity contribution in [1.29, 1.82) is 0 Å². The predicted octanol–water partition coefficient (Wildman–Crippen LogP) is 2.35. The van der Waals surface area contributed by atoms with Crippen molar-refractivity contribution in [3.8, 4) is 0 Å². The average Bonchev–Trinajstić information content (AvgIpc) is 2.02. The van der Waals surface area contributed by atoms with Crippen molar-refractivity contribution in [2.75, 3.05) is 19.6 Å². The number of nitrogens with one attached hydrogen (secondary N) is 1. The average molecular weight is 200 g/mol. The summed E-state index contributed by atoms with van der Waals surface area (Å²) in [6, 6.07) is 1.25. The molecule has 1 unspecified atom stereocenters. The molecule has 0 saturated carbocycles. The Balaban J connectivity index is 3.95. The van der Waals surface area contributed by atoms with Gasteiger partial charge in [0, 0.05) is 25.2 Å². The van der Waals surface area contributed by atoms with Crippen molar-refractivity contribution in [3.05, 3.63) is 0 Å². The fourth-order valence-electron chi connectivity index (χ4n) is 1.73. The summed E-state index contributed by atoms with van der Waals surface area (Å²) in [5, 5.41) is 3.46. The van der Waals surface area contributed by atoms with Crippen molar-refractivity contribution in [2.45, 2.75) is 53.6 Å². The minimum absolute atomic E-state index is 0.598. The summed E-state index contributed by atoms with van der Waals surface area (Å²) in [6.45, 7) is 17.0. The van der Waals surface area contributed by atoms with Crippen LogP contribution in [0.2, 0.25) is 0 Å². The quantitative estimate of drug-likeness (QED) is 0.678. The van der Waals surface area contributed by atoms with E-state index in [1.165, 1.54) is 6.54 Å². The molecule has 0 rings (SSSR count). The van der Waals surface area contributed by atoms with Gasteiger partial charge >= 0.3 is 0 Å². The van der Waals surface area contributed by atoms with Crippen LogP contribution in [0.4, 0.5) is 0 Å². The van der Waals surface area contributed by atoms with Gasteiger partial charge < -0.3 is 5.32 Å². The lowest BCUT2D eigenvalue weighted by Gasteiger charge is -2.31. The summed E-state index contributed by atoms with van der Waals surface area (Å²) in [4.78, 5) is 2.55. The van der Waals surface area contributed by atoms with Crippen molar-refractivity contribution >= 4 is 0 Å². The van der Waals surface area contributed by atoms with Crippen molar-refractivity contribution in [2.24, 2.45) is 5.92 Å². The molecule has 0 bridgehead atoms. The Morgan fingerprint density at radius 1 is 1.00 bits per heavy atom. The summed E-state index contributed by atoms with van der Waals surface area (Å²) in [6.07, 6.45) is 0. The third-order valence-corrected chi connectivity index (χ3v) is 2.39. The summed E-state index contributed by atoms with van der Waals surface area (Å²) in [5.41, 5.74) is 0. The van der Waals surface area contributed by atoms with Crippen LogP contribution in [0.1, 0.15) is 41.5 Å². The molecule has 86 valence electrons. The van der Waals surface area contributed by atoms with Gasteiger partial charge in [-0.05, 0) is 33.2 Å². The van der Waals surface area contributed by atoms with E-state index in [1.54, 1.807) is 0 Å². The molecule has 1 N–H and O–H groups in total. The monoisotopic (exact) mass is 200 g/mol. The summed E-state index contributed by atoms with van der Waals surface area (Å²) >= 11 is 0. The molecule has 14 heavy (non-hydrogen) atoms. The first-order valence-corrected chi connectivity index (χ1v) is 5.94. The number of hydrogen-bond donors (Lipinski definition) is 1. The van der Waals surface area contributed by atoms with Gasteiger partial charge in [-0.1, -0.05) is 20.8 Å². The third-order valence-electron chi connectivity index (χ3n) is 2.39. The molecule has 1 atom stereocenters. The molecular weight excluding hydrogens is 172 g/mol. The van der Waals surface area contributed by atoms with Crippen molar-refractivity contribution in [3.63, 3.8) is 0 Å². The lowest BCUT2D eigenvalue weighted by atomic mass is 10.1. The molecule has 0 aromatic rings. The van der Waals surface area contributed by atoms with Crippen LogP contribution in [-0.4, -0.2) is 36.6 Å². The molecule has 0 fully saturated rings. The standard InChI is InChI=1S/C12H28N2/c1-7-13-12(6)9-14(11(4)5)8-10(2)3/h10-13H,7-9H2,1-6H3. The lowest BCUT2D eigenvalue weighted by molar-refractivity contribution is 0.181. The van der Waals surface area contributed by atoms with E-state index in [0.717, 1.165) is 19.0 Å². The van der Waals surface area contributed by atoms with Gasteiger partial charge in [-0.15, -0.1) is 0 Å². The molecule has 2 nitrogen and oxygen atoms in total. The maximum absolute atomic E-state index is 3.46. The van der Waals surface area contributed by atoms with E-state index in [9.17, 15) is 0 Å². The molecular formula is C12H28N2. The Kier molecular flexibility index (Phi) is 7.20. The Hall–Kier alpha value is -0.0800. The van der Waals surface area contributed by atoms with Gasteiger partial charge in [0.15, 0.2) is 0 Å². The normalized spacial score (nSPS) is 14.4. The first-order chi connectivity index (χ1) is 6.47. The van der Waals surface area contributed by atoms with Crippen LogP contribution in [0.5, 0.6) is 0 Å². The van der Waals surface area contributed by atoms with Gasteiger partial charge in [-0.2, -0.15) is 0 Å². The summed E-state index contributed by atoms with van der Waals surface area (Å²) in [5.74, 6) is 0.756. The summed E-state index contributed by atoms with van der Waals surface area (Å²) in [7, 11) is 0. The Morgan fingerprint density at radius 2 is 1.57 bits per heavy atom. The van der Waals surface area contributed by atoms with Gasteiger partial charge in [0.25, 0.3) is 0 Å². The van der Waals surface area contributed by atoms with Crippen LogP contribution in [-0.2, 0) is 0 Å². The van der Waals surface area contributed by atoms with Crippen molar-refractivity contribution in [1.82, 2.24) is 10.2 Å².